The van der Waals surface area contributed by atoms with Crippen LogP contribution in [0.2, 0.25) is 0 Å². The van der Waals surface area contributed by atoms with E-state index in [-0.39, 0.29) is 0 Å². The molecule has 0 fully saturated rings. The molecule has 0 saturated carbocycles. The first-order valence-corrected chi connectivity index (χ1v) is 4.17. The van der Waals surface area contributed by atoms with Gasteiger partial charge in [0, 0.05) is 13.7 Å². The van der Waals surface area contributed by atoms with E-state index in [4.69, 9.17) is 15.7 Å². The van der Waals surface area contributed by atoms with Gasteiger partial charge in [-0.25, -0.2) is 4.98 Å². The quantitative estimate of drug-likeness (QED) is 0.682. The smallest absolute Gasteiger partial charge is 0.165 e. The van der Waals surface area contributed by atoms with E-state index in [1.54, 1.807) is 19.2 Å². The summed E-state index contributed by atoms with van der Waals surface area (Å²) in [6.45, 7) is 1.21. The third-order valence-electron chi connectivity index (χ3n) is 1.64. The Labute approximate surface area is 82.5 Å². The van der Waals surface area contributed by atoms with Crippen molar-refractivity contribution in [2.45, 2.75) is 0 Å². The molecule has 0 atom stereocenters. The van der Waals surface area contributed by atoms with Crippen molar-refractivity contribution in [3.05, 3.63) is 17.8 Å². The number of pyridine rings is 1. The maximum absolute atomic E-state index is 8.76. The maximum Gasteiger partial charge on any atom is 0.165 e. The summed E-state index contributed by atoms with van der Waals surface area (Å²) < 4.78 is 4.87. The number of nitrogens with zero attached hydrogens (tertiary/aromatic N) is 2. The summed E-state index contributed by atoms with van der Waals surface area (Å²) in [7, 11) is 1.62. The van der Waals surface area contributed by atoms with E-state index in [2.05, 4.69) is 10.3 Å². The fraction of sp³-hybridized carbons (Fsp3) is 0.333. The van der Waals surface area contributed by atoms with Crippen LogP contribution in [0, 0.1) is 11.3 Å². The number of hydrogen-bond donors (Lipinski definition) is 2. The standard InChI is InChI=1S/C9H12N4O/c1-14-5-4-12-7-2-3-9(11)13-8(7)6-10/h2-3,12H,4-5H2,1H3,(H2,11,13). The minimum absolute atomic E-state index is 0.307. The molecule has 0 aliphatic carbocycles. The highest BCUT2D eigenvalue weighted by molar-refractivity contribution is 5.56. The lowest BCUT2D eigenvalue weighted by molar-refractivity contribution is 0.211. The molecule has 3 N–H and O–H groups in total. The molecule has 0 aromatic carbocycles. The van der Waals surface area contributed by atoms with E-state index in [1.165, 1.54) is 0 Å². The van der Waals surface area contributed by atoms with E-state index in [1.807, 2.05) is 6.07 Å². The Hall–Kier alpha value is -1.80. The van der Waals surface area contributed by atoms with Crippen molar-refractivity contribution in [2.24, 2.45) is 0 Å². The van der Waals surface area contributed by atoms with Crippen molar-refractivity contribution in [3.8, 4) is 6.07 Å². The molecule has 1 rings (SSSR count). The molecule has 0 bridgehead atoms. The van der Waals surface area contributed by atoms with E-state index < -0.39 is 0 Å². The molecular weight excluding hydrogens is 180 g/mol. The molecule has 1 heterocycles. The van der Waals surface area contributed by atoms with Gasteiger partial charge in [0.15, 0.2) is 5.69 Å². The van der Waals surface area contributed by atoms with Gasteiger partial charge in [-0.05, 0) is 12.1 Å². The Bertz CT molecular complexity index is 345. The first-order valence-electron chi connectivity index (χ1n) is 4.17. The molecule has 0 unspecified atom stereocenters. The molecule has 5 nitrogen and oxygen atoms in total. The number of aromatic nitrogens is 1. The van der Waals surface area contributed by atoms with Gasteiger partial charge in [0.05, 0.1) is 12.3 Å². The lowest BCUT2D eigenvalue weighted by Crippen LogP contribution is -2.09. The lowest BCUT2D eigenvalue weighted by Gasteiger charge is -2.06. The second kappa shape index (κ2) is 5.04. The molecule has 1 aromatic heterocycles. The lowest BCUT2D eigenvalue weighted by atomic mass is 10.3. The Balaban J connectivity index is 2.72. The second-order valence-corrected chi connectivity index (χ2v) is 2.66. The van der Waals surface area contributed by atoms with Crippen molar-refractivity contribution in [2.75, 3.05) is 31.3 Å². The van der Waals surface area contributed by atoms with Crippen LogP contribution in [0.5, 0.6) is 0 Å². The minimum atomic E-state index is 0.307. The molecule has 0 aliphatic heterocycles. The van der Waals surface area contributed by atoms with Crippen molar-refractivity contribution < 1.29 is 4.74 Å². The van der Waals surface area contributed by atoms with E-state index >= 15 is 0 Å². The Morgan fingerprint density at radius 3 is 3.07 bits per heavy atom. The molecule has 0 radical (unpaired) electrons. The van der Waals surface area contributed by atoms with Crippen LogP contribution in [0.25, 0.3) is 0 Å². The van der Waals surface area contributed by atoms with Gasteiger partial charge >= 0.3 is 0 Å². The minimum Gasteiger partial charge on any atom is -0.384 e. The molecule has 14 heavy (non-hydrogen) atoms. The van der Waals surface area contributed by atoms with Gasteiger partial charge in [-0.15, -0.1) is 0 Å². The average Bonchev–Trinajstić information content (AvgIpc) is 2.20. The molecular formula is C9H12N4O. The van der Waals surface area contributed by atoms with Crippen LogP contribution in [0.3, 0.4) is 0 Å². The highest BCUT2D eigenvalue weighted by atomic mass is 16.5. The number of nitriles is 1. The van der Waals surface area contributed by atoms with E-state index in [9.17, 15) is 0 Å². The van der Waals surface area contributed by atoms with E-state index in [0.29, 0.717) is 30.4 Å². The molecule has 0 saturated heterocycles. The highest BCUT2D eigenvalue weighted by Gasteiger charge is 2.02. The van der Waals surface area contributed by atoms with Crippen LogP contribution in [0.4, 0.5) is 11.5 Å². The first kappa shape index (κ1) is 10.3. The zero-order valence-electron chi connectivity index (χ0n) is 7.95. The molecule has 0 aliphatic rings. The number of nitrogens with two attached hydrogens (primary N) is 1. The van der Waals surface area contributed by atoms with Crippen LogP contribution in [-0.4, -0.2) is 25.2 Å². The Morgan fingerprint density at radius 1 is 1.64 bits per heavy atom. The third-order valence-corrected chi connectivity index (χ3v) is 1.64. The molecule has 1 aromatic rings. The molecule has 0 amide bonds. The second-order valence-electron chi connectivity index (χ2n) is 2.66. The predicted molar refractivity (Wildman–Crippen MR) is 53.7 cm³/mol. The summed E-state index contributed by atoms with van der Waals surface area (Å²) in [6, 6.07) is 5.35. The zero-order valence-corrected chi connectivity index (χ0v) is 7.95. The van der Waals surface area contributed by atoms with Crippen LogP contribution in [0.15, 0.2) is 12.1 Å². The number of methoxy groups -OCH3 is 1. The monoisotopic (exact) mass is 192 g/mol. The van der Waals surface area contributed by atoms with Gasteiger partial charge in [-0.2, -0.15) is 5.26 Å². The van der Waals surface area contributed by atoms with Gasteiger partial charge < -0.3 is 15.8 Å². The first-order chi connectivity index (χ1) is 6.77. The molecule has 5 heteroatoms. The normalized spacial score (nSPS) is 9.43. The number of ether oxygens (including phenoxy) is 1. The van der Waals surface area contributed by atoms with Crippen molar-refractivity contribution in [1.29, 1.82) is 5.26 Å². The highest BCUT2D eigenvalue weighted by Crippen LogP contribution is 2.13. The van der Waals surface area contributed by atoms with Crippen LogP contribution in [-0.2, 0) is 4.74 Å². The number of anilines is 2. The maximum atomic E-state index is 8.76. The fourth-order valence-corrected chi connectivity index (χ4v) is 0.990. The summed E-state index contributed by atoms with van der Waals surface area (Å²) in [4.78, 5) is 3.88. The van der Waals surface area contributed by atoms with Crippen molar-refractivity contribution in [1.82, 2.24) is 4.98 Å². The number of nitrogen functional groups attached to an aromatic ring is 1. The SMILES string of the molecule is COCCNc1ccc(N)nc1C#N. The summed E-state index contributed by atoms with van der Waals surface area (Å²) in [6.07, 6.45) is 0. The number of hydrogen-bond acceptors (Lipinski definition) is 5. The van der Waals surface area contributed by atoms with E-state index in [0.717, 1.165) is 0 Å². The summed E-state index contributed by atoms with van der Waals surface area (Å²) in [5.41, 5.74) is 6.43. The zero-order chi connectivity index (χ0) is 10.4. The average molecular weight is 192 g/mol. The van der Waals surface area contributed by atoms with Crippen LogP contribution >= 0.6 is 0 Å². The summed E-state index contributed by atoms with van der Waals surface area (Å²) >= 11 is 0. The van der Waals surface area contributed by atoms with Crippen molar-refractivity contribution in [3.63, 3.8) is 0 Å². The topological polar surface area (TPSA) is 84.0 Å². The van der Waals surface area contributed by atoms with Gasteiger partial charge in [0.1, 0.15) is 11.9 Å². The van der Waals surface area contributed by atoms with Gasteiger partial charge in [0.2, 0.25) is 0 Å². The summed E-state index contributed by atoms with van der Waals surface area (Å²) in [5.74, 6) is 0.346. The van der Waals surface area contributed by atoms with Crippen LogP contribution in [0.1, 0.15) is 5.69 Å². The van der Waals surface area contributed by atoms with Gasteiger partial charge in [-0.3, -0.25) is 0 Å². The number of rotatable bonds is 4. The Kier molecular flexibility index (Phi) is 3.70. The largest absolute Gasteiger partial charge is 0.384 e. The van der Waals surface area contributed by atoms with Crippen LogP contribution < -0.4 is 11.1 Å². The third kappa shape index (κ3) is 2.61. The van der Waals surface area contributed by atoms with Gasteiger partial charge in [0.25, 0.3) is 0 Å². The molecule has 74 valence electrons. The van der Waals surface area contributed by atoms with Gasteiger partial charge in [-0.1, -0.05) is 0 Å². The number of nitrogens with one attached hydrogen (secondary N) is 1. The van der Waals surface area contributed by atoms with Crippen molar-refractivity contribution >= 4 is 11.5 Å². The summed E-state index contributed by atoms with van der Waals surface area (Å²) in [5, 5.41) is 11.8. The predicted octanol–water partition coefficient (Wildman–Crippen LogP) is 0.594. The fourth-order valence-electron chi connectivity index (χ4n) is 0.990. The Morgan fingerprint density at radius 2 is 2.43 bits per heavy atom. The molecule has 0 spiro atoms.